The average Bonchev–Trinajstić information content (AvgIpc) is 2.36. The average molecular weight is 285 g/mol. The van der Waals surface area contributed by atoms with Crippen molar-refractivity contribution in [2.45, 2.75) is 25.1 Å². The highest BCUT2D eigenvalue weighted by Gasteiger charge is 2.18. The molecular weight excluding hydrogens is 268 g/mol. The van der Waals surface area contributed by atoms with Gasteiger partial charge in [-0.1, -0.05) is 42.3 Å². The van der Waals surface area contributed by atoms with Crippen molar-refractivity contribution in [1.29, 1.82) is 0 Å². The number of hydrogen-bond acceptors (Lipinski definition) is 2. The van der Waals surface area contributed by atoms with Crippen LogP contribution in [0.5, 0.6) is 11.5 Å². The first-order valence-corrected chi connectivity index (χ1v) is 6.67. The van der Waals surface area contributed by atoms with Crippen molar-refractivity contribution < 1.29 is 9.47 Å². The molecule has 0 aliphatic carbocycles. The Bertz CT molecular complexity index is 365. The molecule has 3 heteroatoms. The number of fused-ring (bicyclic) bond motifs is 1. The molecule has 1 aromatic carbocycles. The standard InChI is InChI=1S/C13H17BrO2/c1-3-9(2)13(14)10-4-5-11-12(8-10)16-7-6-15-11/h4-5,8-9,13H,3,6-7H2,1-2H3. The van der Waals surface area contributed by atoms with E-state index in [2.05, 4.69) is 41.9 Å². The van der Waals surface area contributed by atoms with E-state index in [0.717, 1.165) is 17.9 Å². The minimum absolute atomic E-state index is 0.383. The predicted octanol–water partition coefficient (Wildman–Crippen LogP) is 3.94. The van der Waals surface area contributed by atoms with Crippen LogP contribution < -0.4 is 9.47 Å². The zero-order valence-electron chi connectivity index (χ0n) is 9.70. The second kappa shape index (κ2) is 5.09. The third-order valence-corrected chi connectivity index (χ3v) is 4.46. The molecule has 2 unspecified atom stereocenters. The molecule has 0 bridgehead atoms. The van der Waals surface area contributed by atoms with Crippen molar-refractivity contribution in [3.8, 4) is 11.5 Å². The number of hydrogen-bond donors (Lipinski definition) is 0. The van der Waals surface area contributed by atoms with Crippen LogP contribution >= 0.6 is 15.9 Å². The zero-order chi connectivity index (χ0) is 11.5. The fourth-order valence-electron chi connectivity index (χ4n) is 1.77. The first kappa shape index (κ1) is 11.8. The number of benzene rings is 1. The maximum absolute atomic E-state index is 5.58. The first-order valence-electron chi connectivity index (χ1n) is 5.76. The van der Waals surface area contributed by atoms with Gasteiger partial charge in [-0.3, -0.25) is 0 Å². The normalized spacial score (nSPS) is 17.9. The highest BCUT2D eigenvalue weighted by molar-refractivity contribution is 9.09. The predicted molar refractivity (Wildman–Crippen MR) is 68.6 cm³/mol. The monoisotopic (exact) mass is 284 g/mol. The van der Waals surface area contributed by atoms with Gasteiger partial charge in [-0.25, -0.2) is 0 Å². The van der Waals surface area contributed by atoms with Gasteiger partial charge in [-0.2, -0.15) is 0 Å². The number of alkyl halides is 1. The third kappa shape index (κ3) is 2.34. The lowest BCUT2D eigenvalue weighted by atomic mass is 9.98. The van der Waals surface area contributed by atoms with Crippen LogP contribution in [0.25, 0.3) is 0 Å². The Labute approximate surface area is 105 Å². The van der Waals surface area contributed by atoms with E-state index in [1.807, 2.05) is 6.07 Å². The molecule has 1 heterocycles. The van der Waals surface area contributed by atoms with Gasteiger partial charge in [0.15, 0.2) is 11.5 Å². The molecule has 0 saturated heterocycles. The lowest BCUT2D eigenvalue weighted by Crippen LogP contribution is -2.15. The molecule has 0 radical (unpaired) electrons. The van der Waals surface area contributed by atoms with Gasteiger partial charge < -0.3 is 9.47 Å². The van der Waals surface area contributed by atoms with Crippen molar-refractivity contribution >= 4 is 15.9 Å². The van der Waals surface area contributed by atoms with E-state index in [-0.39, 0.29) is 0 Å². The summed E-state index contributed by atoms with van der Waals surface area (Å²) in [5.41, 5.74) is 1.26. The van der Waals surface area contributed by atoms with Crippen LogP contribution in [0.4, 0.5) is 0 Å². The van der Waals surface area contributed by atoms with Crippen molar-refractivity contribution in [2.75, 3.05) is 13.2 Å². The molecule has 1 aliphatic heterocycles. The highest BCUT2D eigenvalue weighted by Crippen LogP contribution is 2.38. The number of ether oxygens (including phenoxy) is 2. The summed E-state index contributed by atoms with van der Waals surface area (Å²) in [7, 11) is 0. The summed E-state index contributed by atoms with van der Waals surface area (Å²) >= 11 is 3.74. The van der Waals surface area contributed by atoms with Crippen LogP contribution in [0, 0.1) is 5.92 Å². The molecular formula is C13H17BrO2. The van der Waals surface area contributed by atoms with Gasteiger partial charge in [-0.05, 0) is 23.6 Å². The van der Waals surface area contributed by atoms with Crippen molar-refractivity contribution in [2.24, 2.45) is 5.92 Å². The quantitative estimate of drug-likeness (QED) is 0.783. The molecule has 0 spiro atoms. The van der Waals surface area contributed by atoms with Crippen molar-refractivity contribution in [3.05, 3.63) is 23.8 Å². The Hall–Kier alpha value is -0.700. The smallest absolute Gasteiger partial charge is 0.161 e. The molecule has 0 aromatic heterocycles. The van der Waals surface area contributed by atoms with Crippen LogP contribution in [0.2, 0.25) is 0 Å². The Morgan fingerprint density at radius 2 is 1.94 bits per heavy atom. The Morgan fingerprint density at radius 3 is 2.62 bits per heavy atom. The molecule has 1 aromatic rings. The molecule has 0 saturated carbocycles. The summed E-state index contributed by atoms with van der Waals surface area (Å²) in [6.07, 6.45) is 1.16. The van der Waals surface area contributed by atoms with Crippen LogP contribution in [0.15, 0.2) is 18.2 Å². The SMILES string of the molecule is CCC(C)C(Br)c1ccc2c(c1)OCCO2. The van der Waals surface area contributed by atoms with E-state index < -0.39 is 0 Å². The third-order valence-electron chi connectivity index (χ3n) is 3.03. The maximum Gasteiger partial charge on any atom is 0.161 e. The summed E-state index contributed by atoms with van der Waals surface area (Å²) in [5, 5.41) is 0. The van der Waals surface area contributed by atoms with Gasteiger partial charge in [-0.15, -0.1) is 0 Å². The summed E-state index contributed by atoms with van der Waals surface area (Å²) in [6, 6.07) is 6.19. The molecule has 2 rings (SSSR count). The van der Waals surface area contributed by atoms with Crippen LogP contribution in [-0.2, 0) is 0 Å². The molecule has 0 fully saturated rings. The Morgan fingerprint density at radius 1 is 1.25 bits per heavy atom. The second-order valence-electron chi connectivity index (χ2n) is 4.19. The number of rotatable bonds is 3. The van der Waals surface area contributed by atoms with Gasteiger partial charge in [0.1, 0.15) is 13.2 Å². The lowest BCUT2D eigenvalue weighted by molar-refractivity contribution is 0.171. The Balaban J connectivity index is 2.22. The van der Waals surface area contributed by atoms with Gasteiger partial charge >= 0.3 is 0 Å². The fourth-order valence-corrected chi connectivity index (χ4v) is 2.43. The largest absolute Gasteiger partial charge is 0.486 e. The van der Waals surface area contributed by atoms with Gasteiger partial charge in [0.05, 0.1) is 0 Å². The first-order chi connectivity index (χ1) is 7.72. The maximum atomic E-state index is 5.58. The Kier molecular flexibility index (Phi) is 3.74. The van der Waals surface area contributed by atoms with Gasteiger partial charge in [0.25, 0.3) is 0 Å². The molecule has 0 amide bonds. The summed E-state index contributed by atoms with van der Waals surface area (Å²) in [4.78, 5) is 0.383. The minimum Gasteiger partial charge on any atom is -0.486 e. The molecule has 16 heavy (non-hydrogen) atoms. The highest BCUT2D eigenvalue weighted by atomic mass is 79.9. The van der Waals surface area contributed by atoms with Crippen LogP contribution in [0.3, 0.4) is 0 Å². The fraction of sp³-hybridized carbons (Fsp3) is 0.538. The summed E-state index contributed by atoms with van der Waals surface area (Å²) in [6.45, 7) is 5.75. The van der Waals surface area contributed by atoms with E-state index >= 15 is 0 Å². The summed E-state index contributed by atoms with van der Waals surface area (Å²) in [5.74, 6) is 2.35. The minimum atomic E-state index is 0.383. The topological polar surface area (TPSA) is 18.5 Å². The van der Waals surface area contributed by atoms with E-state index in [1.165, 1.54) is 5.56 Å². The van der Waals surface area contributed by atoms with Crippen LogP contribution in [-0.4, -0.2) is 13.2 Å². The molecule has 2 atom stereocenters. The van der Waals surface area contributed by atoms with E-state index in [4.69, 9.17) is 9.47 Å². The molecule has 2 nitrogen and oxygen atoms in total. The summed E-state index contributed by atoms with van der Waals surface area (Å²) < 4.78 is 11.1. The van der Waals surface area contributed by atoms with E-state index in [1.54, 1.807) is 0 Å². The van der Waals surface area contributed by atoms with E-state index in [9.17, 15) is 0 Å². The molecule has 88 valence electrons. The molecule has 0 N–H and O–H groups in total. The van der Waals surface area contributed by atoms with Crippen molar-refractivity contribution in [1.82, 2.24) is 0 Å². The van der Waals surface area contributed by atoms with Crippen LogP contribution in [0.1, 0.15) is 30.7 Å². The number of halogens is 1. The molecule has 1 aliphatic rings. The van der Waals surface area contributed by atoms with E-state index in [0.29, 0.717) is 24.0 Å². The van der Waals surface area contributed by atoms with Gasteiger partial charge in [0, 0.05) is 4.83 Å². The zero-order valence-corrected chi connectivity index (χ0v) is 11.3. The van der Waals surface area contributed by atoms with Gasteiger partial charge in [0.2, 0.25) is 0 Å². The lowest BCUT2D eigenvalue weighted by Gasteiger charge is -2.22. The second-order valence-corrected chi connectivity index (χ2v) is 5.18. The van der Waals surface area contributed by atoms with Crippen molar-refractivity contribution in [3.63, 3.8) is 0 Å².